The monoisotopic (exact) mass is 276 g/mol. The van der Waals surface area contributed by atoms with Crippen LogP contribution in [0.25, 0.3) is 0 Å². The number of methoxy groups -OCH3 is 1. The molecule has 0 aliphatic heterocycles. The summed E-state index contributed by atoms with van der Waals surface area (Å²) in [6.07, 6.45) is 3.41. The Labute approximate surface area is 118 Å². The van der Waals surface area contributed by atoms with Crippen LogP contribution in [0.5, 0.6) is 5.75 Å². The first kappa shape index (κ1) is 13.8. The number of hydrogen-bond acceptors (Lipinski definition) is 3. The van der Waals surface area contributed by atoms with E-state index < -0.39 is 0 Å². The van der Waals surface area contributed by atoms with Gasteiger partial charge >= 0.3 is 0 Å². The fourth-order valence-corrected chi connectivity index (χ4v) is 2.03. The fraction of sp³-hybridized carbons (Fsp3) is 0.267. The van der Waals surface area contributed by atoms with Crippen molar-refractivity contribution in [2.75, 3.05) is 7.11 Å². The van der Waals surface area contributed by atoms with E-state index in [9.17, 15) is 0 Å². The zero-order valence-electron chi connectivity index (χ0n) is 11.1. The molecule has 0 aliphatic rings. The Morgan fingerprint density at radius 3 is 2.95 bits per heavy atom. The molecule has 0 unspecified atom stereocenters. The molecule has 1 N–H and O–H groups in total. The third kappa shape index (κ3) is 3.69. The van der Waals surface area contributed by atoms with Crippen molar-refractivity contribution in [3.8, 4) is 5.75 Å². The van der Waals surface area contributed by atoms with Crippen LogP contribution in [0.4, 0.5) is 0 Å². The number of halogens is 1. The number of nitrogens with zero attached hydrogens (tertiary/aromatic N) is 1. The molecule has 1 aromatic heterocycles. The lowest BCUT2D eigenvalue weighted by atomic mass is 10.1. The van der Waals surface area contributed by atoms with Crippen LogP contribution in [0.1, 0.15) is 24.1 Å². The second-order valence-electron chi connectivity index (χ2n) is 4.35. The fourth-order valence-electron chi connectivity index (χ4n) is 1.84. The van der Waals surface area contributed by atoms with Gasteiger partial charge in [0.1, 0.15) is 5.75 Å². The van der Waals surface area contributed by atoms with Crippen molar-refractivity contribution in [2.24, 2.45) is 0 Å². The van der Waals surface area contributed by atoms with E-state index in [-0.39, 0.29) is 6.04 Å². The minimum atomic E-state index is 0.222. The highest BCUT2D eigenvalue weighted by Crippen LogP contribution is 2.20. The smallest absolute Gasteiger partial charge is 0.119 e. The molecule has 0 saturated carbocycles. The maximum absolute atomic E-state index is 6.08. The van der Waals surface area contributed by atoms with Gasteiger partial charge in [-0.25, -0.2) is 0 Å². The molecule has 100 valence electrons. The Bertz CT molecular complexity index is 545. The van der Waals surface area contributed by atoms with E-state index in [0.29, 0.717) is 11.6 Å². The highest BCUT2D eigenvalue weighted by atomic mass is 35.5. The van der Waals surface area contributed by atoms with Crippen LogP contribution in [-0.2, 0) is 6.54 Å². The van der Waals surface area contributed by atoms with Crippen LogP contribution < -0.4 is 10.1 Å². The Morgan fingerprint density at radius 1 is 1.37 bits per heavy atom. The zero-order chi connectivity index (χ0) is 13.7. The largest absolute Gasteiger partial charge is 0.497 e. The van der Waals surface area contributed by atoms with Gasteiger partial charge in [-0.05, 0) is 36.2 Å². The van der Waals surface area contributed by atoms with Crippen molar-refractivity contribution in [2.45, 2.75) is 19.5 Å². The molecular formula is C15H17ClN2O. The average molecular weight is 277 g/mol. The molecule has 0 fully saturated rings. The van der Waals surface area contributed by atoms with Crippen molar-refractivity contribution in [1.29, 1.82) is 0 Å². The summed E-state index contributed by atoms with van der Waals surface area (Å²) in [5, 5.41) is 4.13. The van der Waals surface area contributed by atoms with Crippen molar-refractivity contribution in [1.82, 2.24) is 10.3 Å². The van der Waals surface area contributed by atoms with E-state index in [1.54, 1.807) is 19.5 Å². The summed E-state index contributed by atoms with van der Waals surface area (Å²) in [5.41, 5.74) is 2.23. The number of pyridine rings is 1. The Balaban J connectivity index is 2.01. The molecule has 4 heteroatoms. The minimum Gasteiger partial charge on any atom is -0.497 e. The summed E-state index contributed by atoms with van der Waals surface area (Å²) >= 11 is 6.08. The molecule has 0 radical (unpaired) electrons. The number of benzene rings is 1. The first-order valence-corrected chi connectivity index (χ1v) is 6.54. The van der Waals surface area contributed by atoms with Gasteiger partial charge in [0.2, 0.25) is 0 Å². The van der Waals surface area contributed by atoms with E-state index in [1.165, 1.54) is 5.56 Å². The maximum atomic E-state index is 6.08. The quantitative estimate of drug-likeness (QED) is 0.906. The molecule has 1 heterocycles. The van der Waals surface area contributed by atoms with E-state index >= 15 is 0 Å². The SMILES string of the molecule is COc1cccc([C@H](C)NCc2ccncc2Cl)c1. The van der Waals surface area contributed by atoms with Gasteiger partial charge in [-0.1, -0.05) is 23.7 Å². The molecule has 0 spiro atoms. The van der Waals surface area contributed by atoms with Crippen LogP contribution in [-0.4, -0.2) is 12.1 Å². The molecule has 0 saturated heterocycles. The first-order chi connectivity index (χ1) is 9.20. The molecule has 19 heavy (non-hydrogen) atoms. The predicted molar refractivity (Wildman–Crippen MR) is 77.5 cm³/mol. The van der Waals surface area contributed by atoms with E-state index in [1.807, 2.05) is 24.3 Å². The Morgan fingerprint density at radius 2 is 2.21 bits per heavy atom. The number of rotatable bonds is 5. The molecule has 0 aliphatic carbocycles. The number of ether oxygens (including phenoxy) is 1. The van der Waals surface area contributed by atoms with Crippen LogP contribution in [0, 0.1) is 0 Å². The molecule has 1 atom stereocenters. The second-order valence-corrected chi connectivity index (χ2v) is 4.75. The summed E-state index contributed by atoms with van der Waals surface area (Å²) in [6.45, 7) is 2.82. The van der Waals surface area contributed by atoms with E-state index in [2.05, 4.69) is 23.3 Å². The van der Waals surface area contributed by atoms with Gasteiger partial charge in [-0.2, -0.15) is 0 Å². The van der Waals surface area contributed by atoms with E-state index in [4.69, 9.17) is 16.3 Å². The molecular weight excluding hydrogens is 260 g/mol. The van der Waals surface area contributed by atoms with Crippen molar-refractivity contribution in [3.05, 3.63) is 58.9 Å². The average Bonchev–Trinajstić information content (AvgIpc) is 2.46. The Kier molecular flexibility index (Phi) is 4.77. The van der Waals surface area contributed by atoms with Gasteiger partial charge in [0, 0.05) is 25.0 Å². The lowest BCUT2D eigenvalue weighted by molar-refractivity contribution is 0.413. The summed E-state index contributed by atoms with van der Waals surface area (Å²) in [4.78, 5) is 3.98. The topological polar surface area (TPSA) is 34.1 Å². The zero-order valence-corrected chi connectivity index (χ0v) is 11.8. The van der Waals surface area contributed by atoms with Gasteiger partial charge in [0.25, 0.3) is 0 Å². The predicted octanol–water partition coefficient (Wildman–Crippen LogP) is 3.59. The number of aromatic nitrogens is 1. The number of hydrogen-bond donors (Lipinski definition) is 1. The van der Waals surface area contributed by atoms with Crippen LogP contribution in [0.3, 0.4) is 0 Å². The van der Waals surface area contributed by atoms with Gasteiger partial charge in [0.15, 0.2) is 0 Å². The van der Waals surface area contributed by atoms with Gasteiger partial charge in [-0.15, -0.1) is 0 Å². The standard InChI is InChI=1S/C15H17ClN2O/c1-11(12-4-3-5-14(8-12)19-2)18-9-13-6-7-17-10-15(13)16/h3-8,10-11,18H,9H2,1-2H3/t11-/m0/s1. The Hall–Kier alpha value is -1.58. The highest BCUT2D eigenvalue weighted by Gasteiger charge is 2.07. The maximum Gasteiger partial charge on any atom is 0.119 e. The number of nitrogens with one attached hydrogen (secondary N) is 1. The third-order valence-corrected chi connectivity index (χ3v) is 3.39. The summed E-state index contributed by atoms with van der Waals surface area (Å²) in [7, 11) is 1.67. The summed E-state index contributed by atoms with van der Waals surface area (Å²) in [6, 6.07) is 10.2. The molecule has 3 nitrogen and oxygen atoms in total. The van der Waals surface area contributed by atoms with Gasteiger partial charge in [-0.3, -0.25) is 4.98 Å². The molecule has 0 amide bonds. The lowest BCUT2D eigenvalue weighted by Gasteiger charge is -2.15. The second kappa shape index (κ2) is 6.55. The van der Waals surface area contributed by atoms with E-state index in [0.717, 1.165) is 11.3 Å². The molecule has 2 rings (SSSR count). The minimum absolute atomic E-state index is 0.222. The highest BCUT2D eigenvalue weighted by molar-refractivity contribution is 6.31. The lowest BCUT2D eigenvalue weighted by Crippen LogP contribution is -2.18. The van der Waals surface area contributed by atoms with Gasteiger partial charge < -0.3 is 10.1 Å². The molecule has 0 bridgehead atoms. The van der Waals surface area contributed by atoms with Crippen LogP contribution in [0.2, 0.25) is 5.02 Å². The van der Waals surface area contributed by atoms with Crippen molar-refractivity contribution < 1.29 is 4.74 Å². The molecule has 2 aromatic rings. The third-order valence-electron chi connectivity index (χ3n) is 3.05. The van der Waals surface area contributed by atoms with Crippen LogP contribution >= 0.6 is 11.6 Å². The van der Waals surface area contributed by atoms with Crippen molar-refractivity contribution >= 4 is 11.6 Å². The summed E-state index contributed by atoms with van der Waals surface area (Å²) < 4.78 is 5.23. The first-order valence-electron chi connectivity index (χ1n) is 6.16. The van der Waals surface area contributed by atoms with Gasteiger partial charge in [0.05, 0.1) is 12.1 Å². The van der Waals surface area contributed by atoms with Crippen LogP contribution in [0.15, 0.2) is 42.7 Å². The normalized spacial score (nSPS) is 12.2. The summed E-state index contributed by atoms with van der Waals surface area (Å²) in [5.74, 6) is 0.869. The molecule has 1 aromatic carbocycles. The van der Waals surface area contributed by atoms with Crippen molar-refractivity contribution in [3.63, 3.8) is 0 Å².